The van der Waals surface area contributed by atoms with E-state index in [1.54, 1.807) is 10.7 Å². The minimum absolute atomic E-state index is 0.177. The number of nitrogens with one attached hydrogen (secondary N) is 1. The van der Waals surface area contributed by atoms with Gasteiger partial charge in [0.25, 0.3) is 5.91 Å². The Bertz CT molecular complexity index is 1130. The van der Waals surface area contributed by atoms with Crippen LogP contribution < -0.4 is 5.32 Å². The standard InChI is InChI=1S/C21H17BrN4O/c1-13-12-18(21(27)24-16-10-8-15(22)9-11-16)19-14(2)25-26(20(19)23-13)17-6-4-3-5-7-17/h3-12H,1-2H3,(H,24,27). The van der Waals surface area contributed by atoms with Crippen molar-refractivity contribution in [3.63, 3.8) is 0 Å². The Morgan fingerprint density at radius 2 is 1.74 bits per heavy atom. The van der Waals surface area contributed by atoms with Gasteiger partial charge in [-0.3, -0.25) is 4.79 Å². The summed E-state index contributed by atoms with van der Waals surface area (Å²) in [5, 5.41) is 8.35. The molecule has 0 atom stereocenters. The number of aromatic nitrogens is 3. The first-order valence-corrected chi connectivity index (χ1v) is 9.31. The van der Waals surface area contributed by atoms with E-state index in [0.717, 1.165) is 32.6 Å². The van der Waals surface area contributed by atoms with Crippen molar-refractivity contribution < 1.29 is 4.79 Å². The van der Waals surface area contributed by atoms with Crippen molar-refractivity contribution in [1.29, 1.82) is 0 Å². The summed E-state index contributed by atoms with van der Waals surface area (Å²) >= 11 is 3.40. The lowest BCUT2D eigenvalue weighted by Gasteiger charge is -2.08. The number of fused-ring (bicyclic) bond motifs is 1. The van der Waals surface area contributed by atoms with Gasteiger partial charge in [-0.15, -0.1) is 0 Å². The average Bonchev–Trinajstić information content (AvgIpc) is 3.00. The highest BCUT2D eigenvalue weighted by atomic mass is 79.9. The molecule has 6 heteroatoms. The van der Waals surface area contributed by atoms with Crippen molar-refractivity contribution in [2.75, 3.05) is 5.32 Å². The molecule has 0 radical (unpaired) electrons. The average molecular weight is 421 g/mol. The van der Waals surface area contributed by atoms with E-state index < -0.39 is 0 Å². The van der Waals surface area contributed by atoms with Gasteiger partial charge in [-0.2, -0.15) is 5.10 Å². The zero-order chi connectivity index (χ0) is 19.0. The lowest BCUT2D eigenvalue weighted by atomic mass is 10.1. The molecule has 0 bridgehead atoms. The molecule has 0 aliphatic carbocycles. The number of nitrogens with zero attached hydrogens (tertiary/aromatic N) is 3. The van der Waals surface area contributed by atoms with Crippen LogP contribution in [0.5, 0.6) is 0 Å². The summed E-state index contributed by atoms with van der Waals surface area (Å²) in [5.41, 5.74) is 4.43. The van der Waals surface area contributed by atoms with Gasteiger partial charge in [-0.25, -0.2) is 9.67 Å². The van der Waals surface area contributed by atoms with E-state index in [9.17, 15) is 4.79 Å². The number of halogens is 1. The van der Waals surface area contributed by atoms with E-state index in [-0.39, 0.29) is 5.91 Å². The fraction of sp³-hybridized carbons (Fsp3) is 0.0952. The summed E-state index contributed by atoms with van der Waals surface area (Å²) in [5.74, 6) is -0.177. The van der Waals surface area contributed by atoms with Crippen LogP contribution in [-0.2, 0) is 0 Å². The second-order valence-corrected chi connectivity index (χ2v) is 7.22. The number of hydrogen-bond acceptors (Lipinski definition) is 3. The minimum atomic E-state index is -0.177. The van der Waals surface area contributed by atoms with E-state index >= 15 is 0 Å². The smallest absolute Gasteiger partial charge is 0.256 e. The monoisotopic (exact) mass is 420 g/mol. The maximum Gasteiger partial charge on any atom is 0.256 e. The maximum atomic E-state index is 13.0. The molecule has 1 N–H and O–H groups in total. The molecule has 4 aromatic rings. The Balaban J connectivity index is 1.82. The summed E-state index contributed by atoms with van der Waals surface area (Å²) in [6.07, 6.45) is 0. The molecule has 4 rings (SSSR count). The summed E-state index contributed by atoms with van der Waals surface area (Å²) < 4.78 is 2.75. The molecule has 0 fully saturated rings. The zero-order valence-electron chi connectivity index (χ0n) is 14.9. The number of amides is 1. The summed E-state index contributed by atoms with van der Waals surface area (Å²) in [7, 11) is 0. The number of carbonyl (C=O) groups is 1. The van der Waals surface area contributed by atoms with Crippen LogP contribution in [0.3, 0.4) is 0 Å². The number of para-hydroxylation sites is 1. The van der Waals surface area contributed by atoms with Crippen molar-refractivity contribution in [2.45, 2.75) is 13.8 Å². The highest BCUT2D eigenvalue weighted by molar-refractivity contribution is 9.10. The molecule has 0 aliphatic rings. The van der Waals surface area contributed by atoms with Gasteiger partial charge < -0.3 is 5.32 Å². The Labute approximate surface area is 165 Å². The van der Waals surface area contributed by atoms with Gasteiger partial charge in [0.05, 0.1) is 22.3 Å². The molecule has 2 aromatic heterocycles. The Kier molecular flexibility index (Phi) is 4.49. The van der Waals surface area contributed by atoms with Gasteiger partial charge >= 0.3 is 0 Å². The summed E-state index contributed by atoms with van der Waals surface area (Å²) in [4.78, 5) is 17.6. The second-order valence-electron chi connectivity index (χ2n) is 6.30. The lowest BCUT2D eigenvalue weighted by Crippen LogP contribution is -2.13. The molecule has 0 unspecified atom stereocenters. The maximum absolute atomic E-state index is 13.0. The van der Waals surface area contributed by atoms with Crippen LogP contribution in [0.4, 0.5) is 5.69 Å². The molecule has 27 heavy (non-hydrogen) atoms. The predicted molar refractivity (Wildman–Crippen MR) is 110 cm³/mol. The van der Waals surface area contributed by atoms with Gasteiger partial charge in [-0.1, -0.05) is 34.1 Å². The third-order valence-corrected chi connectivity index (χ3v) is 4.82. The molecular weight excluding hydrogens is 404 g/mol. The molecule has 2 heterocycles. The fourth-order valence-electron chi connectivity index (χ4n) is 3.07. The summed E-state index contributed by atoms with van der Waals surface area (Å²) in [6, 6.07) is 19.1. The Morgan fingerprint density at radius 1 is 1.04 bits per heavy atom. The van der Waals surface area contributed by atoms with Gasteiger partial charge in [0.1, 0.15) is 0 Å². The third-order valence-electron chi connectivity index (χ3n) is 4.29. The summed E-state index contributed by atoms with van der Waals surface area (Å²) in [6.45, 7) is 3.78. The number of benzene rings is 2. The quantitative estimate of drug-likeness (QED) is 0.504. The SMILES string of the molecule is Cc1cc(C(=O)Nc2ccc(Br)cc2)c2c(C)nn(-c3ccccc3)c2n1. The van der Waals surface area contributed by atoms with Crippen molar-refractivity contribution in [3.05, 3.63) is 82.1 Å². The number of carbonyl (C=O) groups excluding carboxylic acids is 1. The topological polar surface area (TPSA) is 59.8 Å². The lowest BCUT2D eigenvalue weighted by molar-refractivity contribution is 0.102. The first-order valence-electron chi connectivity index (χ1n) is 8.52. The molecule has 1 amide bonds. The van der Waals surface area contributed by atoms with Crippen molar-refractivity contribution in [1.82, 2.24) is 14.8 Å². The van der Waals surface area contributed by atoms with E-state index in [0.29, 0.717) is 11.2 Å². The molecule has 5 nitrogen and oxygen atoms in total. The number of hydrogen-bond donors (Lipinski definition) is 1. The van der Waals surface area contributed by atoms with Crippen LogP contribution >= 0.6 is 15.9 Å². The molecule has 0 aliphatic heterocycles. The largest absolute Gasteiger partial charge is 0.322 e. The van der Waals surface area contributed by atoms with Crippen molar-refractivity contribution >= 4 is 38.6 Å². The highest BCUT2D eigenvalue weighted by Crippen LogP contribution is 2.26. The van der Waals surface area contributed by atoms with Crippen LogP contribution in [0.2, 0.25) is 0 Å². The predicted octanol–water partition coefficient (Wildman–Crippen LogP) is 5.05. The molecule has 134 valence electrons. The minimum Gasteiger partial charge on any atom is -0.322 e. The van der Waals surface area contributed by atoms with Gasteiger partial charge in [0, 0.05) is 15.9 Å². The number of anilines is 1. The van der Waals surface area contributed by atoms with Crippen LogP contribution in [0.15, 0.2) is 65.1 Å². The highest BCUT2D eigenvalue weighted by Gasteiger charge is 2.19. The Morgan fingerprint density at radius 3 is 2.44 bits per heavy atom. The second kappa shape index (κ2) is 6.96. The van der Waals surface area contributed by atoms with Crippen molar-refractivity contribution in [2.24, 2.45) is 0 Å². The van der Waals surface area contributed by atoms with Crippen LogP contribution in [0, 0.1) is 13.8 Å². The van der Waals surface area contributed by atoms with Crippen LogP contribution in [0.1, 0.15) is 21.7 Å². The molecule has 0 spiro atoms. The van der Waals surface area contributed by atoms with Crippen LogP contribution in [-0.4, -0.2) is 20.7 Å². The molecule has 0 saturated carbocycles. The first-order chi connectivity index (χ1) is 13.0. The number of rotatable bonds is 3. The van der Waals surface area contributed by atoms with E-state index in [1.807, 2.05) is 68.4 Å². The van der Waals surface area contributed by atoms with E-state index in [2.05, 4.69) is 31.3 Å². The van der Waals surface area contributed by atoms with E-state index in [4.69, 9.17) is 0 Å². The fourth-order valence-corrected chi connectivity index (χ4v) is 3.34. The number of aryl methyl sites for hydroxylation is 2. The van der Waals surface area contributed by atoms with Gasteiger partial charge in [0.2, 0.25) is 0 Å². The van der Waals surface area contributed by atoms with E-state index in [1.165, 1.54) is 0 Å². The third kappa shape index (κ3) is 3.36. The Hall–Kier alpha value is -2.99. The van der Waals surface area contributed by atoms with Gasteiger partial charge in [-0.05, 0) is 56.3 Å². The first kappa shape index (κ1) is 17.4. The normalized spacial score (nSPS) is 10.9. The van der Waals surface area contributed by atoms with Crippen molar-refractivity contribution in [3.8, 4) is 5.69 Å². The molecule has 0 saturated heterocycles. The molecule has 2 aromatic carbocycles. The zero-order valence-corrected chi connectivity index (χ0v) is 16.5. The van der Waals surface area contributed by atoms with Crippen LogP contribution in [0.25, 0.3) is 16.7 Å². The molecular formula is C21H17BrN4O. The van der Waals surface area contributed by atoms with Gasteiger partial charge in [0.15, 0.2) is 5.65 Å². The number of pyridine rings is 1.